The molecule has 3 amide bonds. The molecule has 1 saturated heterocycles. The maximum Gasteiger partial charge on any atom is 0.277 e. The summed E-state index contributed by atoms with van der Waals surface area (Å²) in [6.07, 6.45) is -8.68. The first-order valence-electron chi connectivity index (χ1n) is 17.6. The number of hydrogen-bond donors (Lipinski definition) is 1. The molecule has 2 N–H and O–H groups in total. The Morgan fingerprint density at radius 3 is 2.26 bits per heavy atom. The Hall–Kier alpha value is -4.14. The van der Waals surface area contributed by atoms with Gasteiger partial charge in [0.05, 0.1) is 26.5 Å². The van der Waals surface area contributed by atoms with Crippen molar-refractivity contribution in [1.29, 1.82) is 0 Å². The van der Waals surface area contributed by atoms with Crippen LogP contribution in [0.25, 0.3) is 5.69 Å². The lowest BCUT2D eigenvalue weighted by molar-refractivity contribution is -0.119. The zero-order chi connectivity index (χ0) is 38.0. The summed E-state index contributed by atoms with van der Waals surface area (Å²) in [6, 6.07) is -7.94. The van der Waals surface area contributed by atoms with Crippen LogP contribution in [0.15, 0.2) is 48.3 Å². The lowest BCUT2D eigenvalue weighted by Crippen LogP contribution is -2.39. The second-order valence-corrected chi connectivity index (χ2v) is 6.83. The summed E-state index contributed by atoms with van der Waals surface area (Å²) in [5.41, 5.74) is 0.687. The van der Waals surface area contributed by atoms with Crippen LogP contribution in [0.3, 0.4) is 0 Å². The van der Waals surface area contributed by atoms with Crippen LogP contribution in [0, 0.1) is 0 Å². The maximum absolute atomic E-state index is 14.3. The normalized spacial score (nSPS) is 28.6. The van der Waals surface area contributed by atoms with E-state index in [0.29, 0.717) is 4.68 Å². The van der Waals surface area contributed by atoms with Gasteiger partial charge in [0.2, 0.25) is 5.91 Å². The number of primary amides is 1. The molecule has 174 valence electrons. The predicted molar refractivity (Wildman–Crippen MR) is 127 cm³/mol. The van der Waals surface area contributed by atoms with E-state index in [1.165, 1.54) is 0 Å². The van der Waals surface area contributed by atoms with Crippen LogP contribution in [0.4, 0.5) is 11.4 Å². The molecule has 0 atom stereocenters. The fourth-order valence-corrected chi connectivity index (χ4v) is 3.28. The van der Waals surface area contributed by atoms with Gasteiger partial charge in [0.1, 0.15) is 11.4 Å². The van der Waals surface area contributed by atoms with Crippen LogP contribution in [-0.4, -0.2) is 47.6 Å². The molecule has 0 radical (unpaired) electrons. The van der Waals surface area contributed by atoms with Crippen LogP contribution < -0.4 is 20.3 Å². The molecule has 2 aliphatic rings. The van der Waals surface area contributed by atoms with E-state index in [-0.39, 0.29) is 9.80 Å². The van der Waals surface area contributed by atoms with Crippen molar-refractivity contribution in [3.63, 3.8) is 0 Å². The molecule has 0 aliphatic carbocycles. The molecule has 5 rings (SSSR count). The van der Waals surface area contributed by atoms with E-state index in [9.17, 15) is 14.4 Å². The summed E-state index contributed by atoms with van der Waals surface area (Å²) >= 11 is 0. The number of aromatic nitrogens is 2. The minimum absolute atomic E-state index is 0.0377. The first kappa shape index (κ1) is 10.0. The molecule has 1 fully saturated rings. The molecule has 2 aromatic carbocycles. The number of hydrogen-bond acceptors (Lipinski definition) is 5. The lowest BCUT2D eigenvalue weighted by Gasteiger charge is -2.29. The van der Waals surface area contributed by atoms with Crippen molar-refractivity contribution in [2.45, 2.75) is 25.6 Å². The van der Waals surface area contributed by atoms with Gasteiger partial charge in [-0.15, -0.1) is 0 Å². The summed E-state index contributed by atoms with van der Waals surface area (Å²) in [6.45, 7) is -6.57. The Labute approximate surface area is 219 Å². The molecule has 3 aromatic rings. The van der Waals surface area contributed by atoms with E-state index in [1.807, 2.05) is 0 Å². The van der Waals surface area contributed by atoms with Gasteiger partial charge in [0.15, 0.2) is 5.69 Å². The number of amides is 3. The number of nitrogens with two attached hydrogens (primary N) is 1. The van der Waals surface area contributed by atoms with E-state index in [0.717, 1.165) is 7.11 Å². The summed E-state index contributed by atoms with van der Waals surface area (Å²) < 4.78 is 140. The molecule has 1 aromatic heterocycles. The average molecular weight is 476 g/mol. The summed E-state index contributed by atoms with van der Waals surface area (Å²) in [7, 11) is 1.08. The number of fused-ring (bicyclic) bond motifs is 1. The smallest absolute Gasteiger partial charge is 0.277 e. The predicted octanol–water partition coefficient (Wildman–Crippen LogP) is 2.70. The highest BCUT2D eigenvalue weighted by atomic mass is 16.5. The number of nitrogens with zero attached hydrogens (tertiary/aromatic N) is 4. The molecule has 0 unspecified atom stereocenters. The standard InChI is InChI=1S/C25H25N5O4/c1-34-19-11-9-18(10-12-19)30-23-20(22(27-30)24(26)32)13-15-29(25(23)33)17-7-5-16(6-8-17)28-14-3-2-4-21(28)31/h5-12H,2-4,13-15H2,1H3,(H2,26,32)/i2D2,3D2,5D,6D,7D,8D,9D,10D,11D,12D,14D2,15D2. The third-order valence-electron chi connectivity index (χ3n) is 4.83. The van der Waals surface area contributed by atoms with E-state index in [2.05, 4.69) is 5.10 Å². The molecule has 2 aliphatic heterocycles. The Morgan fingerprint density at radius 2 is 1.62 bits per heavy atom. The maximum atomic E-state index is 14.3. The van der Waals surface area contributed by atoms with Crippen molar-refractivity contribution in [3.05, 3.63) is 65.3 Å². The Balaban J connectivity index is 1.79. The quantitative estimate of drug-likeness (QED) is 0.610. The third-order valence-corrected chi connectivity index (χ3v) is 4.83. The average Bonchev–Trinajstić information content (AvgIpc) is 3.36. The van der Waals surface area contributed by atoms with Crippen LogP contribution in [-0.2, 0) is 11.2 Å². The van der Waals surface area contributed by atoms with Crippen molar-refractivity contribution < 1.29 is 41.1 Å². The second-order valence-electron chi connectivity index (χ2n) is 6.83. The van der Waals surface area contributed by atoms with E-state index >= 15 is 0 Å². The number of carbonyl (C=O) groups excluding carboxylic acids is 3. The van der Waals surface area contributed by atoms with Crippen LogP contribution in [0.2, 0.25) is 0 Å². The molecule has 0 spiro atoms. The Bertz CT molecular complexity index is 1990. The largest absolute Gasteiger partial charge is 0.497 e. The topological polar surface area (TPSA) is 111 Å². The van der Waals surface area contributed by atoms with Gasteiger partial charge in [-0.2, -0.15) is 5.10 Å². The number of rotatable bonds is 5. The first-order valence-corrected chi connectivity index (χ1v) is 9.64. The van der Waals surface area contributed by atoms with Crippen molar-refractivity contribution in [1.82, 2.24) is 9.78 Å². The SMILES string of the molecule is [2H]c1c([2H])c(-n2nc(C(N)=O)c3c2C(=O)N(c2c([2H])c([2H])c(N4C(=O)CC([2H])([2H])C([2H])([2H])C4([2H])[2H])c([2H])c2[2H])C([2H])([2H])C3)c([2H])c([2H])c1OC. The monoisotopic (exact) mass is 475 g/mol. The number of ether oxygens (including phenoxy) is 1. The number of carbonyl (C=O) groups is 3. The Morgan fingerprint density at radius 1 is 0.971 bits per heavy atom. The fourth-order valence-electron chi connectivity index (χ4n) is 3.28. The van der Waals surface area contributed by atoms with E-state index < -0.39 is 144 Å². The highest BCUT2D eigenvalue weighted by Crippen LogP contribution is 2.31. The van der Waals surface area contributed by atoms with Gasteiger partial charge >= 0.3 is 0 Å². The second kappa shape index (κ2) is 8.66. The minimum Gasteiger partial charge on any atom is -0.497 e. The molecular formula is C25H25N5O4. The van der Waals surface area contributed by atoms with Crippen molar-refractivity contribution in [2.24, 2.45) is 5.73 Å². The third kappa shape index (κ3) is 3.68. The van der Waals surface area contributed by atoms with Gasteiger partial charge in [-0.25, -0.2) is 4.68 Å². The highest BCUT2D eigenvalue weighted by Gasteiger charge is 2.34. The minimum atomic E-state index is -3.58. The van der Waals surface area contributed by atoms with Gasteiger partial charge in [-0.3, -0.25) is 14.4 Å². The lowest BCUT2D eigenvalue weighted by atomic mass is 10.0. The zero-order valence-corrected chi connectivity index (χ0v) is 17.4. The van der Waals surface area contributed by atoms with Crippen molar-refractivity contribution in [2.75, 3.05) is 29.9 Å². The summed E-state index contributed by atoms with van der Waals surface area (Å²) in [4.78, 5) is 39.9. The fraction of sp³-hybridized carbons (Fsp3) is 0.280. The molecule has 3 heterocycles. The molecular weight excluding hydrogens is 434 g/mol. The highest BCUT2D eigenvalue weighted by molar-refractivity contribution is 6.09. The zero-order valence-electron chi connectivity index (χ0n) is 33.4. The summed E-state index contributed by atoms with van der Waals surface area (Å²) in [5, 5.41) is 3.93. The molecule has 9 heteroatoms. The van der Waals surface area contributed by atoms with Gasteiger partial charge in [0, 0.05) is 44.6 Å². The molecule has 9 nitrogen and oxygen atoms in total. The van der Waals surface area contributed by atoms with Crippen LogP contribution in [0.1, 0.15) is 67.6 Å². The first-order chi connectivity index (χ1) is 22.8. The number of benzene rings is 2. The van der Waals surface area contributed by atoms with Gasteiger partial charge in [-0.1, -0.05) is 0 Å². The van der Waals surface area contributed by atoms with Gasteiger partial charge in [-0.05, 0) is 67.5 Å². The van der Waals surface area contributed by atoms with Gasteiger partial charge in [0.25, 0.3) is 11.8 Å². The van der Waals surface area contributed by atoms with Crippen LogP contribution >= 0.6 is 0 Å². The molecule has 0 saturated carbocycles. The van der Waals surface area contributed by atoms with E-state index in [1.54, 1.807) is 0 Å². The number of piperidine rings is 1. The Kier molecular flexibility index (Phi) is 2.55. The van der Waals surface area contributed by atoms with Crippen molar-refractivity contribution >= 4 is 29.1 Å². The number of methoxy groups -OCH3 is 1. The summed E-state index contributed by atoms with van der Waals surface area (Å²) in [5.74, 6) is -4.70. The molecule has 0 bridgehead atoms. The number of anilines is 2. The van der Waals surface area contributed by atoms with E-state index in [4.69, 9.17) is 32.4 Å². The molecule has 34 heavy (non-hydrogen) atoms. The van der Waals surface area contributed by atoms with Crippen LogP contribution in [0.5, 0.6) is 5.75 Å². The van der Waals surface area contributed by atoms with Crippen molar-refractivity contribution in [3.8, 4) is 11.4 Å². The van der Waals surface area contributed by atoms with Gasteiger partial charge < -0.3 is 20.3 Å².